The number of nitrogen functional groups attached to an aromatic ring is 1. The van der Waals surface area contributed by atoms with Gasteiger partial charge in [-0.1, -0.05) is 33.6 Å². The Labute approximate surface area is 101 Å². The van der Waals surface area contributed by atoms with Crippen LogP contribution in [0.1, 0.15) is 5.56 Å². The highest BCUT2D eigenvalue weighted by Gasteiger charge is 2.05. The van der Waals surface area contributed by atoms with Crippen molar-refractivity contribution in [1.29, 1.82) is 0 Å². The lowest BCUT2D eigenvalue weighted by Gasteiger charge is -2.07. The molecule has 0 aliphatic rings. The van der Waals surface area contributed by atoms with E-state index in [1.54, 1.807) is 17.1 Å². The molecule has 3 nitrogen and oxygen atoms in total. The number of anilines is 1. The van der Waals surface area contributed by atoms with Crippen LogP contribution in [-0.2, 0) is 6.54 Å². The van der Waals surface area contributed by atoms with E-state index in [4.69, 9.17) is 17.3 Å². The van der Waals surface area contributed by atoms with Crippen molar-refractivity contribution in [3.63, 3.8) is 0 Å². The third-order valence-electron chi connectivity index (χ3n) is 2.08. The van der Waals surface area contributed by atoms with Crippen molar-refractivity contribution in [2.45, 2.75) is 6.54 Å². The third kappa shape index (κ3) is 2.33. The van der Waals surface area contributed by atoms with Gasteiger partial charge in [-0.15, -0.1) is 0 Å². The molecule has 5 heteroatoms. The molecule has 1 aromatic carbocycles. The van der Waals surface area contributed by atoms with Crippen molar-refractivity contribution < 1.29 is 0 Å². The monoisotopic (exact) mass is 285 g/mol. The Balaban J connectivity index is 2.31. The summed E-state index contributed by atoms with van der Waals surface area (Å²) in [5.74, 6) is 0. The zero-order valence-corrected chi connectivity index (χ0v) is 10.2. The van der Waals surface area contributed by atoms with Gasteiger partial charge in [-0.25, -0.2) is 0 Å². The SMILES string of the molecule is Nc1cccc(Br)c1Cn1cc(Cl)cn1. The molecule has 15 heavy (non-hydrogen) atoms. The van der Waals surface area contributed by atoms with Gasteiger partial charge < -0.3 is 5.73 Å². The average Bonchev–Trinajstić information content (AvgIpc) is 2.58. The van der Waals surface area contributed by atoms with Gasteiger partial charge in [0.1, 0.15) is 0 Å². The normalized spacial score (nSPS) is 10.5. The van der Waals surface area contributed by atoms with Gasteiger partial charge in [0.25, 0.3) is 0 Å². The molecule has 0 atom stereocenters. The zero-order chi connectivity index (χ0) is 10.8. The van der Waals surface area contributed by atoms with Crippen LogP contribution >= 0.6 is 27.5 Å². The summed E-state index contributed by atoms with van der Waals surface area (Å²) in [5, 5.41) is 4.73. The maximum absolute atomic E-state index is 5.87. The molecule has 0 radical (unpaired) electrons. The molecule has 0 aliphatic carbocycles. The highest BCUT2D eigenvalue weighted by molar-refractivity contribution is 9.10. The summed E-state index contributed by atoms with van der Waals surface area (Å²) in [4.78, 5) is 0. The van der Waals surface area contributed by atoms with Gasteiger partial charge in [0.05, 0.1) is 17.8 Å². The van der Waals surface area contributed by atoms with Crippen LogP contribution in [0.2, 0.25) is 5.02 Å². The maximum Gasteiger partial charge on any atom is 0.0785 e. The van der Waals surface area contributed by atoms with Crippen LogP contribution in [0.15, 0.2) is 35.1 Å². The Morgan fingerprint density at radius 2 is 2.27 bits per heavy atom. The standard InChI is InChI=1S/C10H9BrClN3/c11-9-2-1-3-10(13)8(9)6-15-5-7(12)4-14-15/h1-5H,6,13H2. The van der Waals surface area contributed by atoms with Crippen molar-refractivity contribution in [3.8, 4) is 0 Å². The fourth-order valence-corrected chi connectivity index (χ4v) is 1.99. The van der Waals surface area contributed by atoms with E-state index in [9.17, 15) is 0 Å². The first-order valence-corrected chi connectivity index (χ1v) is 5.55. The van der Waals surface area contributed by atoms with Crippen LogP contribution in [0.4, 0.5) is 5.69 Å². The molecule has 2 N–H and O–H groups in total. The predicted octanol–water partition coefficient (Wildman–Crippen LogP) is 2.93. The first kappa shape index (κ1) is 10.5. The summed E-state index contributed by atoms with van der Waals surface area (Å²) >= 11 is 9.24. The lowest BCUT2D eigenvalue weighted by atomic mass is 10.2. The lowest BCUT2D eigenvalue weighted by Crippen LogP contribution is -2.04. The van der Waals surface area contributed by atoms with E-state index in [1.165, 1.54) is 0 Å². The van der Waals surface area contributed by atoms with E-state index in [0.717, 1.165) is 15.7 Å². The zero-order valence-electron chi connectivity index (χ0n) is 7.82. The lowest BCUT2D eigenvalue weighted by molar-refractivity contribution is 0.686. The Morgan fingerprint density at radius 3 is 2.87 bits per heavy atom. The second kappa shape index (κ2) is 4.24. The molecular weight excluding hydrogens is 277 g/mol. The third-order valence-corrected chi connectivity index (χ3v) is 3.02. The van der Waals surface area contributed by atoms with E-state index < -0.39 is 0 Å². The first-order valence-electron chi connectivity index (χ1n) is 4.37. The average molecular weight is 287 g/mol. The fraction of sp³-hybridized carbons (Fsp3) is 0.100. The highest BCUT2D eigenvalue weighted by atomic mass is 79.9. The quantitative estimate of drug-likeness (QED) is 0.863. The van der Waals surface area contributed by atoms with Crippen molar-refractivity contribution in [1.82, 2.24) is 9.78 Å². The van der Waals surface area contributed by atoms with Crippen molar-refractivity contribution in [2.24, 2.45) is 0 Å². The van der Waals surface area contributed by atoms with E-state index >= 15 is 0 Å². The van der Waals surface area contributed by atoms with Crippen molar-refractivity contribution in [2.75, 3.05) is 5.73 Å². The predicted molar refractivity (Wildman–Crippen MR) is 64.9 cm³/mol. The van der Waals surface area contributed by atoms with Crippen LogP contribution in [0.5, 0.6) is 0 Å². The van der Waals surface area contributed by atoms with Gasteiger partial charge in [-0.2, -0.15) is 5.10 Å². The number of rotatable bonds is 2. The minimum absolute atomic E-state index is 0.611. The molecule has 1 aromatic heterocycles. The molecule has 0 fully saturated rings. The summed E-state index contributed by atoms with van der Waals surface area (Å²) in [5.41, 5.74) is 7.63. The summed E-state index contributed by atoms with van der Waals surface area (Å²) in [6.45, 7) is 0.611. The van der Waals surface area contributed by atoms with Gasteiger partial charge in [0.15, 0.2) is 0 Å². The molecule has 2 aromatic rings. The van der Waals surface area contributed by atoms with Gasteiger partial charge in [0.2, 0.25) is 0 Å². The summed E-state index contributed by atoms with van der Waals surface area (Å²) < 4.78 is 2.73. The van der Waals surface area contributed by atoms with Gasteiger partial charge in [-0.3, -0.25) is 4.68 Å². The van der Waals surface area contributed by atoms with Crippen LogP contribution in [0.3, 0.4) is 0 Å². The van der Waals surface area contributed by atoms with Crippen molar-refractivity contribution in [3.05, 3.63) is 45.7 Å². The van der Waals surface area contributed by atoms with Gasteiger partial charge in [0, 0.05) is 21.9 Å². The number of hydrogen-bond acceptors (Lipinski definition) is 2. The molecule has 0 spiro atoms. The number of aromatic nitrogens is 2. The second-order valence-corrected chi connectivity index (χ2v) is 4.45. The van der Waals surface area contributed by atoms with Gasteiger partial charge in [-0.05, 0) is 12.1 Å². The Morgan fingerprint density at radius 1 is 1.47 bits per heavy atom. The number of benzene rings is 1. The van der Waals surface area contributed by atoms with E-state index in [2.05, 4.69) is 21.0 Å². The summed E-state index contributed by atoms with van der Waals surface area (Å²) in [6.07, 6.45) is 3.37. The smallest absolute Gasteiger partial charge is 0.0785 e. The van der Waals surface area contributed by atoms with Crippen LogP contribution < -0.4 is 5.73 Å². The fourth-order valence-electron chi connectivity index (χ4n) is 1.33. The number of nitrogens with zero attached hydrogens (tertiary/aromatic N) is 2. The van der Waals surface area contributed by atoms with Gasteiger partial charge >= 0.3 is 0 Å². The molecule has 78 valence electrons. The molecule has 0 bridgehead atoms. The molecular formula is C10H9BrClN3. The Bertz CT molecular complexity index is 461. The topological polar surface area (TPSA) is 43.8 Å². The molecule has 0 unspecified atom stereocenters. The summed E-state index contributed by atoms with van der Waals surface area (Å²) in [7, 11) is 0. The van der Waals surface area contributed by atoms with Crippen LogP contribution in [0, 0.1) is 0 Å². The Hall–Kier alpha value is -1.00. The summed E-state index contributed by atoms with van der Waals surface area (Å²) in [6, 6.07) is 5.72. The highest BCUT2D eigenvalue weighted by Crippen LogP contribution is 2.23. The number of halogens is 2. The Kier molecular flexibility index (Phi) is 2.98. The van der Waals surface area contributed by atoms with Crippen molar-refractivity contribution >= 4 is 33.2 Å². The second-order valence-electron chi connectivity index (χ2n) is 3.16. The molecule has 0 amide bonds. The molecule has 0 saturated carbocycles. The molecule has 1 heterocycles. The van der Waals surface area contributed by atoms with E-state index in [-0.39, 0.29) is 0 Å². The molecule has 0 aliphatic heterocycles. The minimum atomic E-state index is 0.611. The van der Waals surface area contributed by atoms with E-state index in [1.807, 2.05) is 18.2 Å². The number of hydrogen-bond donors (Lipinski definition) is 1. The van der Waals surface area contributed by atoms with Crippen LogP contribution in [0.25, 0.3) is 0 Å². The first-order chi connectivity index (χ1) is 7.16. The molecule has 0 saturated heterocycles. The van der Waals surface area contributed by atoms with Crippen LogP contribution in [-0.4, -0.2) is 9.78 Å². The number of nitrogens with two attached hydrogens (primary N) is 1. The minimum Gasteiger partial charge on any atom is -0.398 e. The maximum atomic E-state index is 5.87. The van der Waals surface area contributed by atoms with E-state index in [0.29, 0.717) is 11.6 Å². The largest absolute Gasteiger partial charge is 0.398 e. The molecule has 2 rings (SSSR count).